The Labute approximate surface area is 246 Å². The number of fused-ring (bicyclic) bond motifs is 7. The zero-order chi connectivity index (χ0) is 28.3. The molecule has 5 heteroatoms. The van der Waals surface area contributed by atoms with Crippen LogP contribution in [0.15, 0.2) is 138 Å². The van der Waals surface area contributed by atoms with Crippen molar-refractivity contribution in [3.05, 3.63) is 134 Å². The lowest BCUT2D eigenvalue weighted by atomic mass is 9.97. The van der Waals surface area contributed by atoms with E-state index in [1.165, 1.54) is 5.39 Å². The van der Waals surface area contributed by atoms with E-state index in [-0.39, 0.29) is 0 Å². The van der Waals surface area contributed by atoms with E-state index in [1.54, 1.807) is 6.20 Å². The Bertz CT molecular complexity index is 2520. The molecule has 9 rings (SSSR count). The van der Waals surface area contributed by atoms with E-state index >= 15 is 0 Å². The zero-order valence-corrected chi connectivity index (χ0v) is 22.9. The molecule has 0 saturated heterocycles. The number of hydrogen-bond donors (Lipinski definition) is 0. The largest absolute Gasteiger partial charge is 0.454 e. The molecule has 0 fully saturated rings. The molecule has 0 amide bonds. The normalized spacial score (nSPS) is 11.7. The third-order valence-corrected chi connectivity index (χ3v) is 8.17. The van der Waals surface area contributed by atoms with E-state index in [2.05, 4.69) is 89.9 Å². The van der Waals surface area contributed by atoms with E-state index in [1.807, 2.05) is 42.6 Å². The van der Waals surface area contributed by atoms with Crippen LogP contribution in [0.3, 0.4) is 0 Å². The molecule has 0 atom stereocenters. The van der Waals surface area contributed by atoms with Crippen molar-refractivity contribution in [3.8, 4) is 34.2 Å². The number of pyridine rings is 1. The Morgan fingerprint density at radius 3 is 1.86 bits per heavy atom. The molecule has 0 saturated carbocycles. The summed E-state index contributed by atoms with van der Waals surface area (Å²) in [6.07, 6.45) is 3.60. The van der Waals surface area contributed by atoms with Gasteiger partial charge in [0.2, 0.25) is 0 Å². The van der Waals surface area contributed by atoms with Gasteiger partial charge in [-0.3, -0.25) is 4.98 Å². The Balaban J connectivity index is 1.36. The first-order valence-corrected chi connectivity index (χ1v) is 14.2. The smallest absolute Gasteiger partial charge is 0.166 e. The molecule has 3 heterocycles. The van der Waals surface area contributed by atoms with Crippen molar-refractivity contribution in [3.63, 3.8) is 0 Å². The van der Waals surface area contributed by atoms with Crippen LogP contribution in [-0.2, 0) is 0 Å². The summed E-state index contributed by atoms with van der Waals surface area (Å²) in [5.41, 5.74) is 4.18. The van der Waals surface area contributed by atoms with E-state index in [9.17, 15) is 0 Å². The molecule has 0 aliphatic rings. The van der Waals surface area contributed by atoms with E-state index in [0.29, 0.717) is 23.1 Å². The molecule has 5 nitrogen and oxygen atoms in total. The number of benzene rings is 6. The monoisotopic (exact) mass is 550 g/mol. The fourth-order valence-electron chi connectivity index (χ4n) is 6.16. The molecular formula is C38H22N4O. The van der Waals surface area contributed by atoms with Crippen molar-refractivity contribution in [2.45, 2.75) is 0 Å². The summed E-state index contributed by atoms with van der Waals surface area (Å²) in [5.74, 6) is 1.77. The summed E-state index contributed by atoms with van der Waals surface area (Å²) >= 11 is 0. The van der Waals surface area contributed by atoms with Crippen LogP contribution in [0.5, 0.6) is 0 Å². The molecule has 0 aliphatic carbocycles. The zero-order valence-electron chi connectivity index (χ0n) is 22.9. The first-order chi connectivity index (χ1) is 21.3. The Kier molecular flexibility index (Phi) is 5.13. The molecule has 0 radical (unpaired) electrons. The summed E-state index contributed by atoms with van der Waals surface area (Å²) < 4.78 is 6.32. The molecular weight excluding hydrogens is 528 g/mol. The molecule has 0 spiro atoms. The molecule has 6 aromatic carbocycles. The first kappa shape index (κ1) is 23.7. The fourth-order valence-corrected chi connectivity index (χ4v) is 6.16. The Morgan fingerprint density at radius 1 is 0.419 bits per heavy atom. The van der Waals surface area contributed by atoms with E-state index < -0.39 is 0 Å². The molecule has 9 aromatic rings. The SMILES string of the molecule is c1ccc(-c2nc(-c3cc4ccccc4c4ccccc34)nc(-c3cncc4oc5cc6ccccc6cc5c34)n2)cc1. The van der Waals surface area contributed by atoms with Gasteiger partial charge in [0.05, 0.1) is 6.20 Å². The predicted molar refractivity (Wildman–Crippen MR) is 174 cm³/mol. The number of nitrogens with zero attached hydrogens (tertiary/aromatic N) is 4. The lowest BCUT2D eigenvalue weighted by Gasteiger charge is -2.12. The van der Waals surface area contributed by atoms with Crippen LogP contribution in [0.1, 0.15) is 0 Å². The molecule has 43 heavy (non-hydrogen) atoms. The standard InChI is InChI=1S/C38H22N4O/c1-2-10-23(11-3-1)36-40-37(30-19-26-14-6-7-15-27(26)28-16-8-9-17-29(28)30)42-38(41-36)32-21-39-22-34-35(32)31-18-24-12-4-5-13-25(24)20-33(31)43-34/h1-22H. The van der Waals surface area contributed by atoms with Crippen LogP contribution in [0, 0.1) is 0 Å². The van der Waals surface area contributed by atoms with Gasteiger partial charge in [-0.2, -0.15) is 0 Å². The molecule has 0 aliphatic heterocycles. The number of rotatable bonds is 3. The summed E-state index contributed by atoms with van der Waals surface area (Å²) in [6, 6.07) is 41.7. The first-order valence-electron chi connectivity index (χ1n) is 14.2. The van der Waals surface area contributed by atoms with Gasteiger partial charge >= 0.3 is 0 Å². The van der Waals surface area contributed by atoms with Gasteiger partial charge in [-0.05, 0) is 50.5 Å². The van der Waals surface area contributed by atoms with Crippen molar-refractivity contribution >= 4 is 54.3 Å². The van der Waals surface area contributed by atoms with Crippen LogP contribution in [0.2, 0.25) is 0 Å². The second-order valence-electron chi connectivity index (χ2n) is 10.7. The van der Waals surface area contributed by atoms with Crippen LogP contribution in [-0.4, -0.2) is 19.9 Å². The fraction of sp³-hybridized carbons (Fsp3) is 0. The molecule has 0 bridgehead atoms. The van der Waals surface area contributed by atoms with E-state index in [0.717, 1.165) is 60.0 Å². The van der Waals surface area contributed by atoms with Crippen molar-refractivity contribution in [2.24, 2.45) is 0 Å². The van der Waals surface area contributed by atoms with Gasteiger partial charge < -0.3 is 4.42 Å². The highest BCUT2D eigenvalue weighted by atomic mass is 16.3. The number of furan rings is 1. The molecule has 0 N–H and O–H groups in total. The minimum Gasteiger partial charge on any atom is -0.454 e. The van der Waals surface area contributed by atoms with Gasteiger partial charge in [0, 0.05) is 33.7 Å². The summed E-state index contributed by atoms with van der Waals surface area (Å²) in [6.45, 7) is 0. The average Bonchev–Trinajstić information content (AvgIpc) is 3.44. The van der Waals surface area contributed by atoms with Crippen molar-refractivity contribution in [2.75, 3.05) is 0 Å². The van der Waals surface area contributed by atoms with Gasteiger partial charge in [-0.1, -0.05) is 103 Å². The van der Waals surface area contributed by atoms with Gasteiger partial charge in [0.1, 0.15) is 5.58 Å². The summed E-state index contributed by atoms with van der Waals surface area (Å²) in [5, 5.41) is 8.80. The van der Waals surface area contributed by atoms with E-state index in [4.69, 9.17) is 19.4 Å². The van der Waals surface area contributed by atoms with Crippen LogP contribution in [0.25, 0.3) is 88.4 Å². The maximum Gasteiger partial charge on any atom is 0.166 e. The average molecular weight is 551 g/mol. The maximum atomic E-state index is 6.32. The van der Waals surface area contributed by atoms with Gasteiger partial charge in [-0.25, -0.2) is 15.0 Å². The molecule has 0 unspecified atom stereocenters. The molecule has 3 aromatic heterocycles. The predicted octanol–water partition coefficient (Wildman–Crippen LogP) is 9.63. The van der Waals surface area contributed by atoms with Crippen LogP contribution < -0.4 is 0 Å². The second kappa shape index (κ2) is 9.29. The Hall–Kier alpha value is -5.94. The quantitative estimate of drug-likeness (QED) is 0.205. The maximum absolute atomic E-state index is 6.32. The highest BCUT2D eigenvalue weighted by Crippen LogP contribution is 2.39. The summed E-state index contributed by atoms with van der Waals surface area (Å²) in [4.78, 5) is 19.8. The Morgan fingerprint density at radius 2 is 1.05 bits per heavy atom. The second-order valence-corrected chi connectivity index (χ2v) is 10.7. The lowest BCUT2D eigenvalue weighted by Crippen LogP contribution is -2.01. The number of hydrogen-bond acceptors (Lipinski definition) is 5. The number of aromatic nitrogens is 4. The third-order valence-electron chi connectivity index (χ3n) is 8.17. The third kappa shape index (κ3) is 3.79. The van der Waals surface area contributed by atoms with Crippen molar-refractivity contribution in [1.82, 2.24) is 19.9 Å². The van der Waals surface area contributed by atoms with Gasteiger partial charge in [0.15, 0.2) is 23.1 Å². The van der Waals surface area contributed by atoms with Crippen molar-refractivity contribution < 1.29 is 4.42 Å². The minimum atomic E-state index is 0.551. The highest BCUT2D eigenvalue weighted by Gasteiger charge is 2.20. The highest BCUT2D eigenvalue weighted by molar-refractivity contribution is 6.15. The van der Waals surface area contributed by atoms with Crippen LogP contribution in [0.4, 0.5) is 0 Å². The van der Waals surface area contributed by atoms with Crippen LogP contribution >= 0.6 is 0 Å². The molecule has 200 valence electrons. The summed E-state index contributed by atoms with van der Waals surface area (Å²) in [7, 11) is 0. The topological polar surface area (TPSA) is 64.7 Å². The van der Waals surface area contributed by atoms with Crippen molar-refractivity contribution in [1.29, 1.82) is 0 Å². The minimum absolute atomic E-state index is 0.551. The van der Waals surface area contributed by atoms with Gasteiger partial charge in [-0.15, -0.1) is 0 Å². The lowest BCUT2D eigenvalue weighted by molar-refractivity contribution is 0.667. The van der Waals surface area contributed by atoms with Gasteiger partial charge in [0.25, 0.3) is 0 Å².